The number of hydrogen-bond acceptors (Lipinski definition) is 2. The summed E-state index contributed by atoms with van der Waals surface area (Å²) in [5.74, 6) is 1.80. The molecule has 2 saturated carbocycles. The fourth-order valence-corrected chi connectivity index (χ4v) is 2.94. The summed E-state index contributed by atoms with van der Waals surface area (Å²) >= 11 is 0. The third kappa shape index (κ3) is 3.07. The van der Waals surface area contributed by atoms with Crippen molar-refractivity contribution in [2.45, 2.75) is 51.9 Å². The molecule has 0 atom stereocenters. The molecule has 0 bridgehead atoms. The van der Waals surface area contributed by atoms with Crippen molar-refractivity contribution in [1.82, 2.24) is 4.90 Å². The number of carbonyl (C=O) groups is 1. The quantitative estimate of drug-likeness (QED) is 0.690. The van der Waals surface area contributed by atoms with Gasteiger partial charge < -0.3 is 0 Å². The number of Topliss-reactive ketones (excluding diaryl/α,β-unsaturated/α-hetero) is 1. The van der Waals surface area contributed by atoms with Crippen LogP contribution in [0, 0.1) is 11.8 Å². The monoisotopic (exact) mass is 223 g/mol. The first-order chi connectivity index (χ1) is 7.79. The van der Waals surface area contributed by atoms with Crippen LogP contribution in [0.15, 0.2) is 0 Å². The second kappa shape index (κ2) is 5.81. The Labute approximate surface area is 99.4 Å². The molecule has 0 aromatic heterocycles. The number of nitrogens with zero attached hydrogens (tertiary/aromatic N) is 1. The molecule has 0 aliphatic heterocycles. The van der Waals surface area contributed by atoms with Gasteiger partial charge in [0.2, 0.25) is 0 Å². The number of rotatable bonds is 6. The molecule has 0 heterocycles. The van der Waals surface area contributed by atoms with Gasteiger partial charge in [-0.1, -0.05) is 26.2 Å². The molecule has 2 nitrogen and oxygen atoms in total. The van der Waals surface area contributed by atoms with Gasteiger partial charge in [0.05, 0.1) is 6.54 Å². The lowest BCUT2D eigenvalue weighted by molar-refractivity contribution is -0.124. The van der Waals surface area contributed by atoms with Gasteiger partial charge in [0.1, 0.15) is 5.78 Å². The Balaban J connectivity index is 1.73. The molecule has 2 rings (SSSR count). The highest BCUT2D eigenvalue weighted by Gasteiger charge is 2.26. The molecule has 92 valence electrons. The van der Waals surface area contributed by atoms with Crippen LogP contribution >= 0.6 is 0 Å². The summed E-state index contributed by atoms with van der Waals surface area (Å²) in [7, 11) is 0. The second-order valence-electron chi connectivity index (χ2n) is 5.57. The van der Waals surface area contributed by atoms with E-state index in [0.29, 0.717) is 11.7 Å². The zero-order valence-corrected chi connectivity index (χ0v) is 10.6. The van der Waals surface area contributed by atoms with Gasteiger partial charge in [-0.3, -0.25) is 9.69 Å². The molecule has 0 N–H and O–H groups in total. The Morgan fingerprint density at radius 3 is 2.31 bits per heavy atom. The van der Waals surface area contributed by atoms with Gasteiger partial charge in [0.25, 0.3) is 0 Å². The van der Waals surface area contributed by atoms with E-state index in [1.165, 1.54) is 32.1 Å². The van der Waals surface area contributed by atoms with Crippen molar-refractivity contribution in [3.05, 3.63) is 0 Å². The van der Waals surface area contributed by atoms with E-state index in [-0.39, 0.29) is 0 Å². The molecule has 0 saturated heterocycles. The third-order valence-corrected chi connectivity index (χ3v) is 4.38. The fraction of sp³-hybridized carbons (Fsp3) is 0.929. The van der Waals surface area contributed by atoms with E-state index in [1.54, 1.807) is 0 Å². The van der Waals surface area contributed by atoms with Crippen molar-refractivity contribution in [3.8, 4) is 0 Å². The van der Waals surface area contributed by atoms with E-state index in [1.807, 2.05) is 0 Å². The molecule has 0 aromatic rings. The number of carbonyl (C=O) groups excluding carboxylic acids is 1. The van der Waals surface area contributed by atoms with E-state index < -0.39 is 0 Å². The summed E-state index contributed by atoms with van der Waals surface area (Å²) in [5.41, 5.74) is 0. The minimum atomic E-state index is 0.399. The normalized spacial score (nSPS) is 22.6. The maximum absolute atomic E-state index is 12.1. The summed E-state index contributed by atoms with van der Waals surface area (Å²) in [4.78, 5) is 14.4. The highest BCUT2D eigenvalue weighted by molar-refractivity contribution is 5.83. The van der Waals surface area contributed by atoms with Crippen LogP contribution in [0.1, 0.15) is 51.9 Å². The predicted molar refractivity (Wildman–Crippen MR) is 66.4 cm³/mol. The summed E-state index contributed by atoms with van der Waals surface area (Å²) < 4.78 is 0. The summed E-state index contributed by atoms with van der Waals surface area (Å²) in [6.07, 6.45) is 9.01. The first-order valence-corrected chi connectivity index (χ1v) is 7.04. The van der Waals surface area contributed by atoms with Crippen molar-refractivity contribution in [3.63, 3.8) is 0 Å². The summed E-state index contributed by atoms with van der Waals surface area (Å²) in [5, 5.41) is 0. The zero-order chi connectivity index (χ0) is 11.4. The van der Waals surface area contributed by atoms with Crippen molar-refractivity contribution in [1.29, 1.82) is 0 Å². The maximum atomic E-state index is 12.1. The Hall–Kier alpha value is -0.370. The zero-order valence-electron chi connectivity index (χ0n) is 10.6. The Kier molecular flexibility index (Phi) is 4.39. The smallest absolute Gasteiger partial charge is 0.149 e. The van der Waals surface area contributed by atoms with Gasteiger partial charge in [-0.05, 0) is 38.1 Å². The third-order valence-electron chi connectivity index (χ3n) is 4.38. The van der Waals surface area contributed by atoms with Crippen LogP contribution in [-0.2, 0) is 4.79 Å². The molecule has 2 aliphatic carbocycles. The molecule has 2 aliphatic rings. The molecule has 0 unspecified atom stereocenters. The van der Waals surface area contributed by atoms with E-state index in [2.05, 4.69) is 11.8 Å². The molecule has 0 aromatic carbocycles. The van der Waals surface area contributed by atoms with Crippen LogP contribution < -0.4 is 0 Å². The van der Waals surface area contributed by atoms with Crippen molar-refractivity contribution < 1.29 is 4.79 Å². The van der Waals surface area contributed by atoms with E-state index in [4.69, 9.17) is 0 Å². The minimum absolute atomic E-state index is 0.399. The van der Waals surface area contributed by atoms with Gasteiger partial charge >= 0.3 is 0 Å². The average molecular weight is 223 g/mol. The SMILES string of the molecule is CCN(CC(=O)C1CCCC1)CC1CCC1. The number of hydrogen-bond donors (Lipinski definition) is 0. The summed E-state index contributed by atoms with van der Waals surface area (Å²) in [6.45, 7) is 5.10. The standard InChI is InChI=1S/C14H25NO/c1-2-15(10-12-6-5-7-12)11-14(16)13-8-3-4-9-13/h12-13H,2-11H2,1H3. The largest absolute Gasteiger partial charge is 0.298 e. The average Bonchev–Trinajstić information content (AvgIpc) is 2.74. The molecule has 0 radical (unpaired) electrons. The number of ketones is 1. The van der Waals surface area contributed by atoms with Gasteiger partial charge in [0, 0.05) is 12.5 Å². The van der Waals surface area contributed by atoms with Crippen LogP contribution in [0.2, 0.25) is 0 Å². The highest BCUT2D eigenvalue weighted by atomic mass is 16.1. The van der Waals surface area contributed by atoms with Gasteiger partial charge in [-0.25, -0.2) is 0 Å². The molecule has 2 heteroatoms. The van der Waals surface area contributed by atoms with Crippen LogP contribution in [-0.4, -0.2) is 30.3 Å². The lowest BCUT2D eigenvalue weighted by atomic mass is 9.85. The first kappa shape index (κ1) is 12.1. The van der Waals surface area contributed by atoms with Gasteiger partial charge in [-0.15, -0.1) is 0 Å². The number of likely N-dealkylation sites (N-methyl/N-ethyl adjacent to an activating group) is 1. The van der Waals surface area contributed by atoms with Gasteiger partial charge in [-0.2, -0.15) is 0 Å². The van der Waals surface area contributed by atoms with E-state index >= 15 is 0 Å². The molecule has 0 spiro atoms. The molecular formula is C14H25NO. The maximum Gasteiger partial charge on any atom is 0.149 e. The Bertz CT molecular complexity index is 229. The van der Waals surface area contributed by atoms with Crippen molar-refractivity contribution in [2.75, 3.05) is 19.6 Å². The topological polar surface area (TPSA) is 20.3 Å². The lowest BCUT2D eigenvalue weighted by Gasteiger charge is -2.31. The second-order valence-corrected chi connectivity index (χ2v) is 5.57. The molecular weight excluding hydrogens is 198 g/mol. The Morgan fingerprint density at radius 1 is 1.12 bits per heavy atom. The highest BCUT2D eigenvalue weighted by Crippen LogP contribution is 2.28. The minimum Gasteiger partial charge on any atom is -0.298 e. The van der Waals surface area contributed by atoms with Crippen molar-refractivity contribution >= 4 is 5.78 Å². The molecule has 2 fully saturated rings. The lowest BCUT2D eigenvalue weighted by Crippen LogP contribution is -2.37. The molecule has 16 heavy (non-hydrogen) atoms. The first-order valence-electron chi connectivity index (χ1n) is 7.04. The molecule has 0 amide bonds. The van der Waals surface area contributed by atoms with E-state index in [9.17, 15) is 4.79 Å². The van der Waals surface area contributed by atoms with Gasteiger partial charge in [0.15, 0.2) is 0 Å². The van der Waals surface area contributed by atoms with Crippen molar-refractivity contribution in [2.24, 2.45) is 11.8 Å². The van der Waals surface area contributed by atoms with Crippen LogP contribution in [0.25, 0.3) is 0 Å². The Morgan fingerprint density at radius 2 is 1.81 bits per heavy atom. The van der Waals surface area contributed by atoms with E-state index in [0.717, 1.165) is 38.4 Å². The fourth-order valence-electron chi connectivity index (χ4n) is 2.94. The van der Waals surface area contributed by atoms with Crippen LogP contribution in [0.5, 0.6) is 0 Å². The predicted octanol–water partition coefficient (Wildman–Crippen LogP) is 2.87. The van der Waals surface area contributed by atoms with Crippen LogP contribution in [0.4, 0.5) is 0 Å². The van der Waals surface area contributed by atoms with Crippen LogP contribution in [0.3, 0.4) is 0 Å². The summed E-state index contributed by atoms with van der Waals surface area (Å²) in [6, 6.07) is 0.